The zero-order valence-corrected chi connectivity index (χ0v) is 16.9. The molecule has 1 aromatic heterocycles. The van der Waals surface area contributed by atoms with E-state index in [0.29, 0.717) is 11.4 Å². The summed E-state index contributed by atoms with van der Waals surface area (Å²) in [5.74, 6) is -0.736. The number of carbonyl (C=O) groups is 2. The Morgan fingerprint density at radius 3 is 2.47 bits per heavy atom. The number of amides is 1. The summed E-state index contributed by atoms with van der Waals surface area (Å²) in [6, 6.07) is 15.7. The number of furan rings is 1. The molecule has 0 saturated heterocycles. The number of nitrogens with one attached hydrogen (secondary N) is 2. The number of anilines is 1. The van der Waals surface area contributed by atoms with Crippen LogP contribution in [0.5, 0.6) is 0 Å². The van der Waals surface area contributed by atoms with E-state index in [9.17, 15) is 18.0 Å². The van der Waals surface area contributed by atoms with E-state index in [4.69, 9.17) is 9.15 Å². The minimum atomic E-state index is -3.77. The first kappa shape index (κ1) is 21.3. The molecule has 156 valence electrons. The summed E-state index contributed by atoms with van der Waals surface area (Å²) in [6.45, 7) is 1.44. The number of aryl methyl sites for hydroxylation is 1. The highest BCUT2D eigenvalue weighted by atomic mass is 32.2. The van der Waals surface area contributed by atoms with E-state index in [-0.39, 0.29) is 17.0 Å². The smallest absolute Gasteiger partial charge is 0.338 e. The Morgan fingerprint density at radius 2 is 1.80 bits per heavy atom. The van der Waals surface area contributed by atoms with E-state index in [1.54, 1.807) is 30.3 Å². The molecule has 2 aromatic carbocycles. The molecule has 0 spiro atoms. The van der Waals surface area contributed by atoms with Gasteiger partial charge in [0.1, 0.15) is 5.76 Å². The summed E-state index contributed by atoms with van der Waals surface area (Å²) >= 11 is 0. The number of carbonyl (C=O) groups excluding carboxylic acids is 2. The summed E-state index contributed by atoms with van der Waals surface area (Å²) < 4.78 is 37.1. The Kier molecular flexibility index (Phi) is 6.65. The number of hydrogen-bond donors (Lipinski definition) is 2. The van der Waals surface area contributed by atoms with Crippen molar-refractivity contribution < 1.29 is 27.2 Å². The van der Waals surface area contributed by atoms with Gasteiger partial charge in [0.05, 0.1) is 23.3 Å². The van der Waals surface area contributed by atoms with Gasteiger partial charge in [0.15, 0.2) is 6.61 Å². The van der Waals surface area contributed by atoms with Gasteiger partial charge in [-0.25, -0.2) is 17.9 Å². The second-order valence-electron chi connectivity index (χ2n) is 6.42. The van der Waals surface area contributed by atoms with Crippen molar-refractivity contribution in [1.29, 1.82) is 0 Å². The van der Waals surface area contributed by atoms with E-state index >= 15 is 0 Å². The summed E-state index contributed by atoms with van der Waals surface area (Å²) in [5.41, 5.74) is 1.72. The van der Waals surface area contributed by atoms with Gasteiger partial charge in [-0.15, -0.1) is 0 Å². The lowest BCUT2D eigenvalue weighted by molar-refractivity contribution is -0.119. The van der Waals surface area contributed by atoms with Gasteiger partial charge < -0.3 is 14.5 Å². The van der Waals surface area contributed by atoms with Crippen LogP contribution in [0.4, 0.5) is 5.69 Å². The number of sulfonamides is 1. The van der Waals surface area contributed by atoms with Crippen LogP contribution in [0.1, 0.15) is 21.7 Å². The third-order valence-corrected chi connectivity index (χ3v) is 5.47. The molecule has 30 heavy (non-hydrogen) atoms. The molecule has 9 heteroatoms. The quantitative estimate of drug-likeness (QED) is 0.533. The molecule has 0 fully saturated rings. The molecule has 1 heterocycles. The van der Waals surface area contributed by atoms with Crippen molar-refractivity contribution in [2.45, 2.75) is 18.4 Å². The summed E-state index contributed by atoms with van der Waals surface area (Å²) in [7, 11) is -3.77. The van der Waals surface area contributed by atoms with Crippen LogP contribution in [0, 0.1) is 6.92 Å². The van der Waals surface area contributed by atoms with Crippen molar-refractivity contribution in [3.63, 3.8) is 0 Å². The van der Waals surface area contributed by atoms with Crippen molar-refractivity contribution in [1.82, 2.24) is 4.72 Å². The molecule has 0 aliphatic rings. The number of hydrogen-bond acceptors (Lipinski definition) is 6. The molecule has 0 radical (unpaired) electrons. The molecule has 0 aliphatic heterocycles. The fourth-order valence-electron chi connectivity index (χ4n) is 2.57. The monoisotopic (exact) mass is 428 g/mol. The molecule has 0 atom stereocenters. The van der Waals surface area contributed by atoms with Gasteiger partial charge in [-0.2, -0.15) is 0 Å². The van der Waals surface area contributed by atoms with Crippen LogP contribution in [0.25, 0.3) is 0 Å². The van der Waals surface area contributed by atoms with Crippen LogP contribution in [0.2, 0.25) is 0 Å². The fourth-order valence-corrected chi connectivity index (χ4v) is 3.56. The largest absolute Gasteiger partial charge is 0.468 e. The zero-order chi connectivity index (χ0) is 21.6. The maximum absolute atomic E-state index is 12.3. The summed E-state index contributed by atoms with van der Waals surface area (Å²) in [6.07, 6.45) is 1.45. The van der Waals surface area contributed by atoms with Gasteiger partial charge in [0.2, 0.25) is 10.0 Å². The normalized spacial score (nSPS) is 11.1. The highest BCUT2D eigenvalue weighted by molar-refractivity contribution is 7.89. The summed E-state index contributed by atoms with van der Waals surface area (Å²) in [4.78, 5) is 24.0. The summed E-state index contributed by atoms with van der Waals surface area (Å²) in [5, 5.41) is 2.63. The van der Waals surface area contributed by atoms with Crippen molar-refractivity contribution in [2.24, 2.45) is 0 Å². The molecule has 0 aliphatic carbocycles. The Balaban J connectivity index is 1.53. The molecule has 1 amide bonds. The molecule has 8 nitrogen and oxygen atoms in total. The number of benzene rings is 2. The molecule has 3 rings (SSSR count). The minimum absolute atomic E-state index is 0.00910. The van der Waals surface area contributed by atoms with Crippen LogP contribution < -0.4 is 10.0 Å². The van der Waals surface area contributed by atoms with E-state index in [2.05, 4.69) is 10.0 Å². The molecular formula is C21H20N2O6S. The van der Waals surface area contributed by atoms with Crippen molar-refractivity contribution >= 4 is 27.6 Å². The highest BCUT2D eigenvalue weighted by Gasteiger charge is 2.16. The van der Waals surface area contributed by atoms with E-state index in [1.807, 2.05) is 13.0 Å². The third-order valence-electron chi connectivity index (χ3n) is 4.05. The lowest BCUT2D eigenvalue weighted by Gasteiger charge is -2.08. The molecule has 0 saturated carbocycles. The van der Waals surface area contributed by atoms with Gasteiger partial charge >= 0.3 is 5.97 Å². The van der Waals surface area contributed by atoms with Crippen LogP contribution in [0.15, 0.2) is 76.2 Å². The van der Waals surface area contributed by atoms with E-state index < -0.39 is 28.5 Å². The lowest BCUT2D eigenvalue weighted by atomic mass is 10.2. The fraction of sp³-hybridized carbons (Fsp3) is 0.143. The van der Waals surface area contributed by atoms with Crippen LogP contribution in [0.3, 0.4) is 0 Å². The molecular weight excluding hydrogens is 408 g/mol. The van der Waals surface area contributed by atoms with Gasteiger partial charge in [0.25, 0.3) is 5.91 Å². The van der Waals surface area contributed by atoms with Crippen LogP contribution >= 0.6 is 0 Å². The second kappa shape index (κ2) is 9.38. The number of rotatable bonds is 8. The Bertz CT molecular complexity index is 1120. The molecule has 0 unspecified atom stereocenters. The van der Waals surface area contributed by atoms with Gasteiger partial charge in [-0.1, -0.05) is 12.1 Å². The first-order valence-electron chi connectivity index (χ1n) is 8.99. The van der Waals surface area contributed by atoms with Gasteiger partial charge in [-0.05, 0) is 61.0 Å². The van der Waals surface area contributed by atoms with Crippen LogP contribution in [-0.4, -0.2) is 26.9 Å². The molecule has 3 aromatic rings. The number of ether oxygens (including phenoxy) is 1. The molecule has 0 bridgehead atoms. The van der Waals surface area contributed by atoms with Crippen LogP contribution in [-0.2, 0) is 26.1 Å². The second-order valence-corrected chi connectivity index (χ2v) is 8.19. The maximum atomic E-state index is 12.3. The predicted octanol–water partition coefficient (Wildman–Crippen LogP) is 2.86. The van der Waals surface area contributed by atoms with Gasteiger partial charge in [0, 0.05) is 5.69 Å². The van der Waals surface area contributed by atoms with Gasteiger partial charge in [-0.3, -0.25) is 4.79 Å². The predicted molar refractivity (Wildman–Crippen MR) is 109 cm³/mol. The van der Waals surface area contributed by atoms with E-state index in [0.717, 1.165) is 5.56 Å². The highest BCUT2D eigenvalue weighted by Crippen LogP contribution is 2.13. The SMILES string of the molecule is Cc1cccc(NC(=O)COC(=O)c2ccc(S(=O)(=O)NCc3ccco3)cc2)c1. The molecule has 2 N–H and O–H groups in total. The van der Waals surface area contributed by atoms with Crippen molar-refractivity contribution in [3.8, 4) is 0 Å². The number of esters is 1. The average molecular weight is 428 g/mol. The van der Waals surface area contributed by atoms with E-state index in [1.165, 1.54) is 30.5 Å². The minimum Gasteiger partial charge on any atom is -0.468 e. The lowest BCUT2D eigenvalue weighted by Crippen LogP contribution is -2.23. The van der Waals surface area contributed by atoms with Crippen molar-refractivity contribution in [2.75, 3.05) is 11.9 Å². The first-order valence-corrected chi connectivity index (χ1v) is 10.5. The topological polar surface area (TPSA) is 115 Å². The Labute approximate surface area is 173 Å². The average Bonchev–Trinajstić information content (AvgIpc) is 3.24. The first-order chi connectivity index (χ1) is 14.3. The van der Waals surface area contributed by atoms with Crippen molar-refractivity contribution in [3.05, 3.63) is 83.8 Å². The zero-order valence-electron chi connectivity index (χ0n) is 16.1. The standard InChI is InChI=1S/C21H20N2O6S/c1-15-4-2-5-17(12-15)23-20(24)14-29-21(25)16-7-9-19(10-8-16)30(26,27)22-13-18-6-3-11-28-18/h2-12,22H,13-14H2,1H3,(H,23,24). The third kappa shape index (κ3) is 5.79. The Hall–Kier alpha value is -3.43. The maximum Gasteiger partial charge on any atom is 0.338 e. The Morgan fingerprint density at radius 1 is 1.03 bits per heavy atom.